The summed E-state index contributed by atoms with van der Waals surface area (Å²) in [4.78, 5) is 10.3. The van der Waals surface area contributed by atoms with E-state index in [0.717, 1.165) is 24.2 Å². The van der Waals surface area contributed by atoms with Gasteiger partial charge in [-0.3, -0.25) is 10.1 Å². The zero-order chi connectivity index (χ0) is 18.2. The molecule has 0 saturated heterocycles. The van der Waals surface area contributed by atoms with E-state index in [4.69, 9.17) is 0 Å². The third-order valence-corrected chi connectivity index (χ3v) is 5.86. The summed E-state index contributed by atoms with van der Waals surface area (Å²) < 4.78 is 27.7. The van der Waals surface area contributed by atoms with Crippen LogP contribution in [0.5, 0.6) is 0 Å². The fourth-order valence-corrected chi connectivity index (χ4v) is 4.10. The highest BCUT2D eigenvalue weighted by Gasteiger charge is 2.26. The topological polar surface area (TPSA) is 101 Å². The second kappa shape index (κ2) is 7.71. The molecule has 2 N–H and O–H groups in total. The summed E-state index contributed by atoms with van der Waals surface area (Å²) in [6, 6.07) is 8.43. The number of aryl methyl sites for hydroxylation is 2. The Labute approximate surface area is 158 Å². The van der Waals surface area contributed by atoms with Crippen LogP contribution in [0.2, 0.25) is 0 Å². The van der Waals surface area contributed by atoms with Crippen molar-refractivity contribution >= 4 is 28.1 Å². The molecule has 140 valence electrons. The van der Waals surface area contributed by atoms with Gasteiger partial charge in [0.15, 0.2) is 4.90 Å². The van der Waals surface area contributed by atoms with Gasteiger partial charge in [-0.25, -0.2) is 13.1 Å². The first kappa shape index (κ1) is 20.3. The number of nitrogens with one attached hydrogen (secondary N) is 2. The van der Waals surface area contributed by atoms with Crippen molar-refractivity contribution in [3.63, 3.8) is 0 Å². The molecular formula is C17H20ClN3O4S. The van der Waals surface area contributed by atoms with Crippen LogP contribution in [-0.2, 0) is 29.7 Å². The molecule has 7 nitrogen and oxygen atoms in total. The molecular weight excluding hydrogens is 378 g/mol. The fourth-order valence-electron chi connectivity index (χ4n) is 2.85. The van der Waals surface area contributed by atoms with E-state index in [0.29, 0.717) is 11.1 Å². The van der Waals surface area contributed by atoms with Gasteiger partial charge >= 0.3 is 0 Å². The summed E-state index contributed by atoms with van der Waals surface area (Å²) in [5, 5.41) is 14.5. The van der Waals surface area contributed by atoms with E-state index in [1.165, 1.54) is 17.7 Å². The summed E-state index contributed by atoms with van der Waals surface area (Å²) >= 11 is 0. The van der Waals surface area contributed by atoms with Crippen LogP contribution in [0.1, 0.15) is 27.8 Å². The van der Waals surface area contributed by atoms with Gasteiger partial charge in [-0.1, -0.05) is 18.2 Å². The molecule has 0 bridgehead atoms. The molecule has 0 saturated carbocycles. The first-order valence-electron chi connectivity index (χ1n) is 7.84. The lowest BCUT2D eigenvalue weighted by Gasteiger charge is -2.10. The first-order valence-corrected chi connectivity index (χ1v) is 9.33. The van der Waals surface area contributed by atoms with Gasteiger partial charge in [-0.2, -0.15) is 0 Å². The maximum absolute atomic E-state index is 12.6. The van der Waals surface area contributed by atoms with Crippen LogP contribution in [-0.4, -0.2) is 13.3 Å². The Morgan fingerprint density at radius 3 is 2.46 bits per heavy atom. The molecule has 1 heterocycles. The second-order valence-corrected chi connectivity index (χ2v) is 7.93. The molecule has 2 aromatic rings. The third-order valence-electron chi connectivity index (χ3n) is 4.43. The number of nitro groups is 1. The van der Waals surface area contributed by atoms with E-state index in [1.807, 2.05) is 18.2 Å². The predicted molar refractivity (Wildman–Crippen MR) is 101 cm³/mol. The number of hydrogen-bond donors (Lipinski definition) is 2. The van der Waals surface area contributed by atoms with E-state index in [1.54, 1.807) is 13.8 Å². The van der Waals surface area contributed by atoms with E-state index in [9.17, 15) is 18.5 Å². The van der Waals surface area contributed by atoms with Gasteiger partial charge in [0, 0.05) is 25.7 Å². The van der Waals surface area contributed by atoms with Gasteiger partial charge in [0.1, 0.15) is 0 Å². The Morgan fingerprint density at radius 1 is 1.12 bits per heavy atom. The number of nitrogens with zero attached hydrogens (tertiary/aromatic N) is 1. The van der Waals surface area contributed by atoms with Crippen molar-refractivity contribution in [1.29, 1.82) is 0 Å². The summed E-state index contributed by atoms with van der Waals surface area (Å²) in [5.41, 5.74) is 4.13. The molecule has 2 aromatic carbocycles. The van der Waals surface area contributed by atoms with Crippen LogP contribution >= 0.6 is 12.4 Å². The minimum absolute atomic E-state index is 0. The number of nitro benzene ring substituents is 1. The van der Waals surface area contributed by atoms with Crippen molar-refractivity contribution < 1.29 is 13.3 Å². The molecule has 1 aliphatic rings. The molecule has 0 spiro atoms. The lowest BCUT2D eigenvalue weighted by Crippen LogP contribution is -2.24. The zero-order valence-electron chi connectivity index (χ0n) is 14.4. The molecule has 0 atom stereocenters. The third kappa shape index (κ3) is 4.04. The smallest absolute Gasteiger partial charge is 0.289 e. The maximum Gasteiger partial charge on any atom is 0.289 e. The standard InChI is InChI=1S/C17H19N3O4S.ClH/c1-11-5-16(20(21)22)17(6-12(11)2)25(23,24)19-8-13-3-4-14-9-18-10-15(14)7-13;/h3-7,18-19H,8-10H2,1-2H3;1H. The highest BCUT2D eigenvalue weighted by atomic mass is 35.5. The summed E-state index contributed by atoms with van der Waals surface area (Å²) in [5.74, 6) is 0. The average molecular weight is 398 g/mol. The molecule has 0 fully saturated rings. The number of fused-ring (bicyclic) bond motifs is 1. The van der Waals surface area contributed by atoms with Gasteiger partial charge in [0.25, 0.3) is 5.69 Å². The van der Waals surface area contributed by atoms with Crippen molar-refractivity contribution in [1.82, 2.24) is 10.0 Å². The maximum atomic E-state index is 12.6. The molecule has 0 unspecified atom stereocenters. The quantitative estimate of drug-likeness (QED) is 0.596. The molecule has 3 rings (SSSR count). The zero-order valence-corrected chi connectivity index (χ0v) is 16.0. The van der Waals surface area contributed by atoms with Crippen molar-refractivity contribution in [2.24, 2.45) is 0 Å². The normalized spacial score (nSPS) is 13.2. The lowest BCUT2D eigenvalue weighted by atomic mass is 10.1. The van der Waals surface area contributed by atoms with Gasteiger partial charge in [0.2, 0.25) is 10.0 Å². The van der Waals surface area contributed by atoms with Gasteiger partial charge < -0.3 is 5.32 Å². The minimum atomic E-state index is -3.99. The Bertz CT molecular complexity index is 961. The summed E-state index contributed by atoms with van der Waals surface area (Å²) in [6.07, 6.45) is 0. The molecule has 9 heteroatoms. The average Bonchev–Trinajstić information content (AvgIpc) is 3.02. The number of hydrogen-bond acceptors (Lipinski definition) is 5. The first-order chi connectivity index (χ1) is 11.8. The number of rotatable bonds is 5. The van der Waals surface area contributed by atoms with Crippen LogP contribution in [0.25, 0.3) is 0 Å². The molecule has 0 amide bonds. The predicted octanol–water partition coefficient (Wildman–Crippen LogP) is 2.72. The number of halogens is 1. The fraction of sp³-hybridized carbons (Fsp3) is 0.294. The SMILES string of the molecule is Cc1cc([N+](=O)[O-])c(S(=O)(=O)NCc2ccc3c(c2)CNC3)cc1C.Cl. The van der Waals surface area contributed by atoms with Crippen molar-refractivity contribution in [2.45, 2.75) is 38.4 Å². The van der Waals surface area contributed by atoms with E-state index < -0.39 is 20.6 Å². The van der Waals surface area contributed by atoms with Crippen LogP contribution in [0, 0.1) is 24.0 Å². The largest absolute Gasteiger partial charge is 0.309 e. The Kier molecular flexibility index (Phi) is 6.02. The van der Waals surface area contributed by atoms with Crippen LogP contribution < -0.4 is 10.0 Å². The van der Waals surface area contributed by atoms with Crippen LogP contribution in [0.15, 0.2) is 35.2 Å². The van der Waals surface area contributed by atoms with E-state index in [2.05, 4.69) is 10.0 Å². The molecule has 0 aliphatic carbocycles. The van der Waals surface area contributed by atoms with Gasteiger partial charge in [-0.15, -0.1) is 12.4 Å². The van der Waals surface area contributed by atoms with Crippen molar-refractivity contribution in [3.05, 3.63) is 68.3 Å². The van der Waals surface area contributed by atoms with Crippen molar-refractivity contribution in [3.8, 4) is 0 Å². The highest BCUT2D eigenvalue weighted by molar-refractivity contribution is 7.89. The van der Waals surface area contributed by atoms with Gasteiger partial charge in [0.05, 0.1) is 4.92 Å². The lowest BCUT2D eigenvalue weighted by molar-refractivity contribution is -0.387. The molecule has 1 aliphatic heterocycles. The number of benzene rings is 2. The summed E-state index contributed by atoms with van der Waals surface area (Å²) in [6.45, 7) is 5.10. The van der Waals surface area contributed by atoms with E-state index in [-0.39, 0.29) is 23.8 Å². The van der Waals surface area contributed by atoms with Crippen LogP contribution in [0.3, 0.4) is 0 Å². The monoisotopic (exact) mass is 397 g/mol. The highest BCUT2D eigenvalue weighted by Crippen LogP contribution is 2.27. The number of sulfonamides is 1. The molecule has 26 heavy (non-hydrogen) atoms. The molecule has 0 radical (unpaired) electrons. The Morgan fingerprint density at radius 2 is 1.77 bits per heavy atom. The summed E-state index contributed by atoms with van der Waals surface area (Å²) in [7, 11) is -3.99. The minimum Gasteiger partial charge on any atom is -0.309 e. The van der Waals surface area contributed by atoms with Gasteiger partial charge in [-0.05, 0) is 47.7 Å². The Balaban J connectivity index is 0.00000243. The van der Waals surface area contributed by atoms with Crippen LogP contribution in [0.4, 0.5) is 5.69 Å². The second-order valence-electron chi connectivity index (χ2n) is 6.19. The Hall–Kier alpha value is -2.00. The van der Waals surface area contributed by atoms with Crippen molar-refractivity contribution in [2.75, 3.05) is 0 Å². The van der Waals surface area contributed by atoms with E-state index >= 15 is 0 Å². The molecule has 0 aromatic heterocycles.